The topological polar surface area (TPSA) is 64.6 Å². The lowest BCUT2D eigenvalue weighted by Crippen LogP contribution is -2.34. The summed E-state index contributed by atoms with van der Waals surface area (Å²) in [5.74, 6) is 3.57. The predicted octanol–water partition coefficient (Wildman–Crippen LogP) is 8.07. The minimum Gasteiger partial charge on any atom is -0.497 e. The summed E-state index contributed by atoms with van der Waals surface area (Å²) in [7, 11) is 3.34. The SMILES string of the molecule is COc1ccc(C(OCCOCCOCCOCCOCCCB2C3CCCC2CCC3)(c2ccccc2)c2ccc(OC)cc2)cc1. The summed E-state index contributed by atoms with van der Waals surface area (Å²) in [5.41, 5.74) is 2.16. The molecule has 0 atom stereocenters. The molecule has 2 bridgehead atoms. The first-order valence-corrected chi connectivity index (χ1v) is 18.0. The van der Waals surface area contributed by atoms with Gasteiger partial charge in [0.2, 0.25) is 0 Å². The van der Waals surface area contributed by atoms with Crippen molar-refractivity contribution in [3.63, 3.8) is 0 Å². The summed E-state index contributed by atoms with van der Waals surface area (Å²) in [6.07, 6.45) is 11.3. The van der Waals surface area contributed by atoms with E-state index in [9.17, 15) is 0 Å². The molecular formula is C40H55BO7. The molecule has 0 aromatic heterocycles. The number of hydrogen-bond donors (Lipinski definition) is 0. The van der Waals surface area contributed by atoms with E-state index in [-0.39, 0.29) is 0 Å². The molecule has 0 amide bonds. The Labute approximate surface area is 288 Å². The Bertz CT molecular complexity index is 1220. The van der Waals surface area contributed by atoms with Gasteiger partial charge in [0, 0.05) is 6.61 Å². The summed E-state index contributed by atoms with van der Waals surface area (Å²) < 4.78 is 40.9. The molecule has 8 heteroatoms. The molecule has 5 rings (SSSR count). The van der Waals surface area contributed by atoms with Crippen molar-refractivity contribution in [1.29, 1.82) is 0 Å². The summed E-state index contributed by atoms with van der Waals surface area (Å²) in [6, 6.07) is 26.4. The van der Waals surface area contributed by atoms with Gasteiger partial charge >= 0.3 is 0 Å². The fraction of sp³-hybridized carbons (Fsp3) is 0.550. The zero-order valence-corrected chi connectivity index (χ0v) is 29.1. The molecule has 0 spiro atoms. The van der Waals surface area contributed by atoms with Gasteiger partial charge in [-0.25, -0.2) is 0 Å². The number of fused-ring (bicyclic) bond motifs is 2. The van der Waals surface area contributed by atoms with Crippen LogP contribution in [0.15, 0.2) is 78.9 Å². The van der Waals surface area contributed by atoms with Crippen LogP contribution in [0.4, 0.5) is 0 Å². The Hall–Kier alpha value is -2.88. The van der Waals surface area contributed by atoms with Gasteiger partial charge in [-0.3, -0.25) is 0 Å². The molecule has 0 N–H and O–H groups in total. The van der Waals surface area contributed by atoms with E-state index in [4.69, 9.17) is 33.2 Å². The van der Waals surface area contributed by atoms with E-state index in [1.54, 1.807) is 14.2 Å². The second kappa shape index (κ2) is 20.0. The minimum absolute atomic E-state index is 0.387. The molecule has 2 fully saturated rings. The van der Waals surface area contributed by atoms with E-state index < -0.39 is 5.60 Å². The molecule has 2 heterocycles. The smallest absolute Gasteiger partial charge is 0.146 e. The minimum atomic E-state index is -0.852. The van der Waals surface area contributed by atoms with Crippen LogP contribution in [0.1, 0.15) is 61.6 Å². The summed E-state index contributed by atoms with van der Waals surface area (Å²) >= 11 is 0. The van der Waals surface area contributed by atoms with Crippen molar-refractivity contribution in [2.45, 2.75) is 68.5 Å². The third-order valence-corrected chi connectivity index (χ3v) is 10.2. The molecule has 0 unspecified atom stereocenters. The largest absolute Gasteiger partial charge is 0.497 e. The van der Waals surface area contributed by atoms with Gasteiger partial charge in [0.15, 0.2) is 0 Å². The zero-order valence-electron chi connectivity index (χ0n) is 29.1. The van der Waals surface area contributed by atoms with Gasteiger partial charge in [0.05, 0.1) is 67.1 Å². The van der Waals surface area contributed by atoms with E-state index in [2.05, 4.69) is 36.4 Å². The second-order valence-corrected chi connectivity index (χ2v) is 13.0. The molecule has 3 aromatic carbocycles. The maximum absolute atomic E-state index is 6.81. The van der Waals surface area contributed by atoms with E-state index in [1.807, 2.05) is 42.5 Å². The van der Waals surface area contributed by atoms with Crippen molar-refractivity contribution in [1.82, 2.24) is 0 Å². The fourth-order valence-electron chi connectivity index (χ4n) is 7.80. The van der Waals surface area contributed by atoms with Crippen molar-refractivity contribution in [2.24, 2.45) is 0 Å². The first kappa shape index (κ1) is 36.4. The quantitative estimate of drug-likeness (QED) is 0.0615. The molecule has 7 nitrogen and oxygen atoms in total. The lowest BCUT2D eigenvalue weighted by molar-refractivity contribution is -0.0384. The molecule has 48 heavy (non-hydrogen) atoms. The summed E-state index contributed by atoms with van der Waals surface area (Å²) in [5, 5.41) is 0. The Morgan fingerprint density at radius 1 is 0.521 bits per heavy atom. The molecule has 2 aliphatic rings. The highest BCUT2D eigenvalue weighted by Crippen LogP contribution is 2.48. The lowest BCUT2D eigenvalue weighted by atomic mass is 9.26. The molecular weight excluding hydrogens is 603 g/mol. The Morgan fingerprint density at radius 3 is 1.40 bits per heavy atom. The van der Waals surface area contributed by atoms with Gasteiger partial charge < -0.3 is 33.2 Å². The van der Waals surface area contributed by atoms with Gasteiger partial charge in [0.25, 0.3) is 0 Å². The maximum atomic E-state index is 6.81. The van der Waals surface area contributed by atoms with Crippen molar-refractivity contribution in [2.75, 3.05) is 73.7 Å². The molecule has 2 aliphatic heterocycles. The fourth-order valence-corrected chi connectivity index (χ4v) is 7.80. The van der Waals surface area contributed by atoms with Crippen LogP contribution in [0, 0.1) is 0 Å². The molecule has 0 radical (unpaired) electrons. The van der Waals surface area contributed by atoms with Gasteiger partial charge in [-0.05, 0) is 47.4 Å². The van der Waals surface area contributed by atoms with E-state index in [0.29, 0.717) is 52.9 Å². The predicted molar refractivity (Wildman–Crippen MR) is 192 cm³/mol. The van der Waals surface area contributed by atoms with Gasteiger partial charge in [-0.15, -0.1) is 0 Å². The Kier molecular flexibility index (Phi) is 15.1. The molecule has 0 saturated carbocycles. The van der Waals surface area contributed by atoms with Crippen molar-refractivity contribution in [3.05, 3.63) is 95.6 Å². The first-order chi connectivity index (χ1) is 23.7. The maximum Gasteiger partial charge on any atom is 0.146 e. The van der Waals surface area contributed by atoms with Crippen LogP contribution in [0.5, 0.6) is 11.5 Å². The highest BCUT2D eigenvalue weighted by atomic mass is 16.6. The molecule has 3 aromatic rings. The van der Waals surface area contributed by atoms with Crippen LogP contribution in [0.2, 0.25) is 18.0 Å². The third kappa shape index (κ3) is 10.1. The summed E-state index contributed by atoms with van der Waals surface area (Å²) in [4.78, 5) is 0. The molecule has 260 valence electrons. The number of ether oxygens (including phenoxy) is 7. The highest BCUT2D eigenvalue weighted by Gasteiger charge is 2.39. The molecule has 0 aliphatic carbocycles. The average molecular weight is 659 g/mol. The van der Waals surface area contributed by atoms with E-state index in [1.165, 1.54) is 51.3 Å². The Morgan fingerprint density at radius 2 is 0.938 bits per heavy atom. The summed E-state index contributed by atoms with van der Waals surface area (Å²) in [6.45, 7) is 5.97. The van der Waals surface area contributed by atoms with Crippen LogP contribution >= 0.6 is 0 Å². The monoisotopic (exact) mass is 658 g/mol. The van der Waals surface area contributed by atoms with Crippen molar-refractivity contribution in [3.8, 4) is 11.5 Å². The number of benzene rings is 3. The van der Waals surface area contributed by atoms with Gasteiger partial charge in [-0.2, -0.15) is 0 Å². The van der Waals surface area contributed by atoms with Crippen LogP contribution in [-0.2, 0) is 29.3 Å². The van der Waals surface area contributed by atoms with E-state index >= 15 is 0 Å². The number of rotatable bonds is 22. The number of methoxy groups -OCH3 is 2. The normalized spacial score (nSPS) is 17.8. The van der Waals surface area contributed by atoms with Gasteiger partial charge in [0.1, 0.15) is 23.8 Å². The second-order valence-electron chi connectivity index (χ2n) is 13.0. The zero-order chi connectivity index (χ0) is 33.3. The lowest BCUT2D eigenvalue weighted by Gasteiger charge is -2.40. The highest BCUT2D eigenvalue weighted by molar-refractivity contribution is 6.62. The Balaban J connectivity index is 0.982. The van der Waals surface area contributed by atoms with Crippen molar-refractivity contribution < 1.29 is 33.2 Å². The molecule has 2 saturated heterocycles. The van der Waals surface area contributed by atoms with E-state index in [0.717, 1.165) is 53.1 Å². The average Bonchev–Trinajstić information content (AvgIpc) is 3.13. The standard InChI is InChI=1S/C40H55BO7/c1-42-38-19-15-34(16-20-38)40(33-9-4-3-5-10-33,35-17-21-39(43-2)22-18-35)48-32-31-47-30-29-46-28-27-45-26-25-44-24-8-23-41-36-11-6-12-37(41)14-7-13-36/h3-5,9-10,15-22,36-37H,6-8,11-14,23-32H2,1-2H3. The van der Waals surface area contributed by atoms with Crippen molar-refractivity contribution >= 4 is 6.71 Å². The van der Waals surface area contributed by atoms with Crippen LogP contribution in [0.25, 0.3) is 0 Å². The van der Waals surface area contributed by atoms with Crippen LogP contribution in [-0.4, -0.2) is 80.4 Å². The van der Waals surface area contributed by atoms with Crippen LogP contribution < -0.4 is 9.47 Å². The van der Waals surface area contributed by atoms with Crippen LogP contribution in [0.3, 0.4) is 0 Å². The third-order valence-electron chi connectivity index (χ3n) is 10.2. The van der Waals surface area contributed by atoms with Gasteiger partial charge in [-0.1, -0.05) is 111 Å². The number of hydrogen-bond acceptors (Lipinski definition) is 7. The first-order valence-electron chi connectivity index (χ1n) is 18.0.